The molecule has 0 aromatic heterocycles. The average Bonchev–Trinajstić information content (AvgIpc) is 2.78. The number of anilines is 1. The van der Waals surface area contributed by atoms with Crippen molar-refractivity contribution in [2.75, 3.05) is 26.1 Å². The van der Waals surface area contributed by atoms with Crippen LogP contribution in [0.25, 0.3) is 0 Å². The summed E-state index contributed by atoms with van der Waals surface area (Å²) in [7, 11) is 3.07. The maximum Gasteiger partial charge on any atom is 0.463 e. The Morgan fingerprint density at radius 1 is 1.06 bits per heavy atom. The van der Waals surface area contributed by atoms with Gasteiger partial charge in [-0.3, -0.25) is 9.80 Å². The Labute approximate surface area is 187 Å². The number of hydrazone groups is 1. The summed E-state index contributed by atoms with van der Waals surface area (Å²) in [5.41, 5.74) is 2.09. The van der Waals surface area contributed by atoms with Crippen molar-refractivity contribution < 1.29 is 36.2 Å². The van der Waals surface area contributed by atoms with E-state index in [-0.39, 0.29) is 12.2 Å². The number of rotatable bonds is 7. The number of carbonyl (C=O) groups excluding carboxylic acids is 1. The molecule has 2 aromatic rings. The van der Waals surface area contributed by atoms with Crippen LogP contribution >= 0.6 is 0 Å². The first kappa shape index (κ1) is 24.3. The number of amides is 1. The average molecular weight is 471 g/mol. The molecule has 0 fully saturated rings. The molecule has 0 saturated heterocycles. The standard InChI is InChI=1S/C22H22F5N3O3/c1-32-18-9-8-15(12-19(18)33-2)17-7-4-10-30(29-17)13-14-5-3-6-16(11-14)28-20(31)21(23,24)22(25,26)27/h3,5-6,8-9,11-12H,4,7,10,13H2,1-2H3,(H,28,31). The van der Waals surface area contributed by atoms with Gasteiger partial charge < -0.3 is 14.8 Å². The summed E-state index contributed by atoms with van der Waals surface area (Å²) in [5, 5.41) is 8.04. The Bertz CT molecular complexity index is 1040. The maximum absolute atomic E-state index is 13.2. The van der Waals surface area contributed by atoms with E-state index in [1.165, 1.54) is 32.4 Å². The summed E-state index contributed by atoms with van der Waals surface area (Å²) >= 11 is 0. The van der Waals surface area contributed by atoms with Crippen LogP contribution < -0.4 is 14.8 Å². The van der Waals surface area contributed by atoms with Crippen molar-refractivity contribution in [3.05, 3.63) is 53.6 Å². The maximum atomic E-state index is 13.2. The fourth-order valence-electron chi connectivity index (χ4n) is 3.33. The molecular weight excluding hydrogens is 449 g/mol. The molecule has 0 spiro atoms. The van der Waals surface area contributed by atoms with E-state index in [1.54, 1.807) is 22.5 Å². The van der Waals surface area contributed by atoms with Crippen LogP contribution in [-0.4, -0.2) is 49.5 Å². The Morgan fingerprint density at radius 2 is 1.79 bits per heavy atom. The zero-order chi connectivity index (χ0) is 24.2. The second kappa shape index (κ2) is 9.63. The smallest absolute Gasteiger partial charge is 0.463 e. The van der Waals surface area contributed by atoms with E-state index in [4.69, 9.17) is 9.47 Å². The normalized spacial score (nSPS) is 14.5. The molecule has 0 saturated carbocycles. The van der Waals surface area contributed by atoms with Gasteiger partial charge in [0.1, 0.15) is 0 Å². The van der Waals surface area contributed by atoms with Crippen molar-refractivity contribution in [1.82, 2.24) is 5.01 Å². The highest BCUT2D eigenvalue weighted by atomic mass is 19.4. The van der Waals surface area contributed by atoms with Crippen LogP contribution in [0.3, 0.4) is 0 Å². The van der Waals surface area contributed by atoms with E-state index in [0.717, 1.165) is 24.1 Å². The number of alkyl halides is 5. The lowest BCUT2D eigenvalue weighted by Gasteiger charge is -2.26. The second-order valence-electron chi connectivity index (χ2n) is 7.33. The molecule has 1 aliphatic rings. The molecule has 178 valence electrons. The van der Waals surface area contributed by atoms with E-state index in [2.05, 4.69) is 5.10 Å². The summed E-state index contributed by atoms with van der Waals surface area (Å²) in [6, 6.07) is 11.2. The lowest BCUT2D eigenvalue weighted by Crippen LogP contribution is -2.47. The third-order valence-electron chi connectivity index (χ3n) is 5.00. The fourth-order valence-corrected chi connectivity index (χ4v) is 3.33. The van der Waals surface area contributed by atoms with Crippen LogP contribution in [0.2, 0.25) is 0 Å². The zero-order valence-electron chi connectivity index (χ0n) is 17.9. The predicted molar refractivity (Wildman–Crippen MR) is 112 cm³/mol. The number of carbonyl (C=O) groups is 1. The highest BCUT2D eigenvalue weighted by Crippen LogP contribution is 2.36. The number of methoxy groups -OCH3 is 2. The highest BCUT2D eigenvalue weighted by Gasteiger charge is 2.63. The first-order chi connectivity index (χ1) is 15.5. The Balaban J connectivity index is 1.74. The van der Waals surface area contributed by atoms with Crippen LogP contribution in [0, 0.1) is 0 Å². The van der Waals surface area contributed by atoms with Gasteiger partial charge in [0, 0.05) is 17.8 Å². The van der Waals surface area contributed by atoms with Crippen LogP contribution in [-0.2, 0) is 11.3 Å². The quantitative estimate of drug-likeness (QED) is 0.587. The lowest BCUT2D eigenvalue weighted by molar-refractivity contribution is -0.267. The Kier molecular flexibility index (Phi) is 7.09. The van der Waals surface area contributed by atoms with Crippen molar-refractivity contribution >= 4 is 17.3 Å². The van der Waals surface area contributed by atoms with Crippen LogP contribution in [0.4, 0.5) is 27.6 Å². The molecule has 6 nitrogen and oxygen atoms in total. The second-order valence-corrected chi connectivity index (χ2v) is 7.33. The SMILES string of the molecule is COc1ccc(C2=NN(Cc3cccc(NC(=O)C(F)(F)C(F)(F)F)c3)CCC2)cc1OC. The molecule has 0 aliphatic carbocycles. The third kappa shape index (κ3) is 5.52. The number of hydrogen-bond donors (Lipinski definition) is 1. The van der Waals surface area contributed by atoms with Crippen molar-refractivity contribution in [2.45, 2.75) is 31.5 Å². The first-order valence-corrected chi connectivity index (χ1v) is 9.95. The molecule has 33 heavy (non-hydrogen) atoms. The van der Waals surface area contributed by atoms with E-state index in [9.17, 15) is 26.7 Å². The molecular formula is C22H22F5N3O3. The highest BCUT2D eigenvalue weighted by molar-refractivity contribution is 6.01. The molecule has 0 unspecified atom stereocenters. The van der Waals surface area contributed by atoms with Gasteiger partial charge >= 0.3 is 18.0 Å². The number of nitrogens with zero attached hydrogens (tertiary/aromatic N) is 2. The van der Waals surface area contributed by atoms with Crippen LogP contribution in [0.15, 0.2) is 47.6 Å². The van der Waals surface area contributed by atoms with Gasteiger partial charge in [0.05, 0.1) is 26.5 Å². The van der Waals surface area contributed by atoms with Crippen molar-refractivity contribution in [1.29, 1.82) is 0 Å². The molecule has 1 amide bonds. The molecule has 1 N–H and O–H groups in total. The van der Waals surface area contributed by atoms with E-state index in [0.29, 0.717) is 23.6 Å². The predicted octanol–water partition coefficient (Wildman–Crippen LogP) is 4.84. The lowest BCUT2D eigenvalue weighted by atomic mass is 10.0. The number of halogens is 5. The molecule has 1 heterocycles. The van der Waals surface area contributed by atoms with Crippen molar-refractivity contribution in [2.24, 2.45) is 5.10 Å². The van der Waals surface area contributed by atoms with E-state index in [1.807, 2.05) is 12.1 Å². The van der Waals surface area contributed by atoms with Gasteiger partial charge in [-0.2, -0.15) is 27.1 Å². The van der Waals surface area contributed by atoms with Gasteiger partial charge in [-0.25, -0.2) is 0 Å². The number of ether oxygens (including phenoxy) is 2. The van der Waals surface area contributed by atoms with Crippen LogP contribution in [0.1, 0.15) is 24.0 Å². The molecule has 3 rings (SSSR count). The monoisotopic (exact) mass is 471 g/mol. The summed E-state index contributed by atoms with van der Waals surface area (Å²) in [6.45, 7) is 0.898. The molecule has 0 bridgehead atoms. The summed E-state index contributed by atoms with van der Waals surface area (Å²) in [5.74, 6) is -6.77. The van der Waals surface area contributed by atoms with Gasteiger partial charge in [-0.05, 0) is 48.7 Å². The van der Waals surface area contributed by atoms with Gasteiger partial charge in [-0.15, -0.1) is 0 Å². The summed E-state index contributed by atoms with van der Waals surface area (Å²) < 4.78 is 74.2. The van der Waals surface area contributed by atoms with Gasteiger partial charge in [0.15, 0.2) is 11.5 Å². The zero-order valence-corrected chi connectivity index (χ0v) is 17.9. The number of hydrogen-bond acceptors (Lipinski definition) is 5. The van der Waals surface area contributed by atoms with Crippen LogP contribution in [0.5, 0.6) is 11.5 Å². The third-order valence-corrected chi connectivity index (χ3v) is 5.00. The minimum absolute atomic E-state index is 0.164. The number of nitrogens with one attached hydrogen (secondary N) is 1. The molecule has 0 radical (unpaired) electrons. The summed E-state index contributed by atoms with van der Waals surface area (Å²) in [4.78, 5) is 11.4. The van der Waals surface area contributed by atoms with E-state index >= 15 is 0 Å². The topological polar surface area (TPSA) is 63.2 Å². The number of benzene rings is 2. The minimum Gasteiger partial charge on any atom is -0.493 e. The summed E-state index contributed by atoms with van der Waals surface area (Å²) in [6.07, 6.45) is -4.44. The van der Waals surface area contributed by atoms with Crippen molar-refractivity contribution in [3.63, 3.8) is 0 Å². The van der Waals surface area contributed by atoms with Gasteiger partial charge in [0.25, 0.3) is 0 Å². The minimum atomic E-state index is -5.97. The Hall–Kier alpha value is -3.37. The van der Waals surface area contributed by atoms with Crippen molar-refractivity contribution in [3.8, 4) is 11.5 Å². The van der Waals surface area contributed by atoms with E-state index < -0.39 is 18.0 Å². The first-order valence-electron chi connectivity index (χ1n) is 9.95. The molecule has 0 atom stereocenters. The Morgan fingerprint density at radius 3 is 2.45 bits per heavy atom. The molecule has 2 aromatic carbocycles. The van der Waals surface area contributed by atoms with Gasteiger partial charge in [0.2, 0.25) is 0 Å². The fraction of sp³-hybridized carbons (Fsp3) is 0.364. The largest absolute Gasteiger partial charge is 0.493 e. The van der Waals surface area contributed by atoms with Gasteiger partial charge in [-0.1, -0.05) is 12.1 Å². The molecule has 1 aliphatic heterocycles. The molecule has 11 heteroatoms.